The van der Waals surface area contributed by atoms with Crippen LogP contribution in [-0.2, 0) is 11.3 Å². The Labute approximate surface area is 441 Å². The molecule has 5 heterocycles. The highest BCUT2D eigenvalue weighted by molar-refractivity contribution is 9.10. The molecule has 5 spiro atoms. The van der Waals surface area contributed by atoms with Gasteiger partial charge in [0, 0.05) is 59.0 Å². The Morgan fingerprint density at radius 1 is 0.597 bits per heavy atom. The number of halogens is 2. The molecule has 6 N–H and O–H groups in total. The lowest BCUT2D eigenvalue weighted by atomic mass is 9.74. The molecule has 5 aliphatic heterocycles. The zero-order chi connectivity index (χ0) is 50.7. The van der Waals surface area contributed by atoms with Gasteiger partial charge in [-0.1, -0.05) is 83.2 Å². The van der Waals surface area contributed by atoms with Crippen molar-refractivity contribution in [3.05, 3.63) is 110 Å². The van der Waals surface area contributed by atoms with E-state index in [0.717, 1.165) is 118 Å². The number of hydrogen-bond acceptors (Lipinski definition) is 14. The number of nitriles is 2. The third-order valence-corrected chi connectivity index (χ3v) is 16.5. The molecule has 2 atom stereocenters. The van der Waals surface area contributed by atoms with Crippen LogP contribution in [0.5, 0.6) is 17.2 Å². The Morgan fingerprint density at radius 3 is 1.58 bits per heavy atom. The van der Waals surface area contributed by atoms with Gasteiger partial charge in [-0.2, -0.15) is 15.5 Å². The Bertz CT molecular complexity index is 2840. The number of nitrogens with zero attached hydrogens (tertiary/aromatic N) is 7. The van der Waals surface area contributed by atoms with Gasteiger partial charge in [0.15, 0.2) is 11.3 Å². The molecule has 0 saturated heterocycles. The van der Waals surface area contributed by atoms with Crippen LogP contribution in [0.15, 0.2) is 103 Å². The smallest absolute Gasteiger partial charge is 0.208 e. The number of ether oxygens (including phenoxy) is 3. The van der Waals surface area contributed by atoms with Gasteiger partial charge < -0.3 is 25.7 Å². The van der Waals surface area contributed by atoms with E-state index in [2.05, 4.69) is 72.0 Å². The largest absolute Gasteiger partial charge is 0.487 e. The second-order valence-corrected chi connectivity index (χ2v) is 22.2. The van der Waals surface area contributed by atoms with Crippen LogP contribution in [0, 0.1) is 22.8 Å². The molecule has 16 heteroatoms. The molecule has 0 bridgehead atoms. The summed E-state index contributed by atoms with van der Waals surface area (Å²) in [4.78, 5) is 13.7. The van der Waals surface area contributed by atoms with Crippen molar-refractivity contribution in [3.8, 4) is 40.6 Å². The first-order valence-corrected chi connectivity index (χ1v) is 27.4. The van der Waals surface area contributed by atoms with Gasteiger partial charge in [0.05, 0.1) is 17.3 Å². The lowest BCUT2D eigenvalue weighted by molar-refractivity contribution is -0.0302. The van der Waals surface area contributed by atoms with Crippen molar-refractivity contribution in [3.63, 3.8) is 0 Å². The van der Waals surface area contributed by atoms with E-state index in [-0.39, 0.29) is 16.8 Å². The van der Waals surface area contributed by atoms with Crippen LogP contribution < -0.4 is 36.5 Å². The van der Waals surface area contributed by atoms with Crippen LogP contribution in [0.1, 0.15) is 152 Å². The van der Waals surface area contributed by atoms with E-state index >= 15 is 0 Å². The summed E-state index contributed by atoms with van der Waals surface area (Å²) in [6.07, 6.45) is 21.7. The molecule has 3 saturated carbocycles. The van der Waals surface area contributed by atoms with Crippen LogP contribution in [0.3, 0.4) is 0 Å². The van der Waals surface area contributed by atoms with Gasteiger partial charge in [0.25, 0.3) is 0 Å². The van der Waals surface area contributed by atoms with Crippen molar-refractivity contribution in [2.24, 2.45) is 26.4 Å². The van der Waals surface area contributed by atoms with Crippen molar-refractivity contribution in [2.45, 2.75) is 158 Å². The molecular formula is C56H67Br2N11O3. The fourth-order valence-electron chi connectivity index (χ4n) is 12.2. The van der Waals surface area contributed by atoms with Crippen LogP contribution in [0.4, 0.5) is 0 Å². The van der Waals surface area contributed by atoms with E-state index in [4.69, 9.17) is 40.9 Å². The molecule has 3 fully saturated rings. The molecule has 14 nitrogen and oxygen atoms in total. The quantitative estimate of drug-likeness (QED) is 0.132. The topological polar surface area (TPSA) is 195 Å². The maximum atomic E-state index is 9.25. The fraction of sp³-hybridized carbons (Fsp3) is 0.482. The monoisotopic (exact) mass is 1100 g/mol. The number of hydrazine groups is 2. The maximum absolute atomic E-state index is 9.25. The Morgan fingerprint density at radius 2 is 1.07 bits per heavy atom. The highest BCUT2D eigenvalue weighted by Crippen LogP contribution is 2.53. The van der Waals surface area contributed by atoms with Gasteiger partial charge >= 0.3 is 0 Å². The molecule has 378 valence electrons. The maximum Gasteiger partial charge on any atom is 0.208 e. The van der Waals surface area contributed by atoms with Gasteiger partial charge in [-0.05, 0) is 149 Å². The van der Waals surface area contributed by atoms with Crippen molar-refractivity contribution < 1.29 is 14.2 Å². The van der Waals surface area contributed by atoms with E-state index in [9.17, 15) is 5.26 Å². The summed E-state index contributed by atoms with van der Waals surface area (Å²) in [5.41, 5.74) is 24.2. The zero-order valence-electron chi connectivity index (χ0n) is 42.0. The number of nitrogens with two attached hydrogens (primary N) is 2. The van der Waals surface area contributed by atoms with Crippen LogP contribution in [0.25, 0.3) is 11.1 Å². The highest BCUT2D eigenvalue weighted by Gasteiger charge is 2.54. The average molecular weight is 1100 g/mol. The van der Waals surface area contributed by atoms with E-state index in [0.29, 0.717) is 17.5 Å². The molecule has 72 heavy (non-hydrogen) atoms. The third-order valence-electron chi connectivity index (χ3n) is 15.5. The van der Waals surface area contributed by atoms with Gasteiger partial charge in [-0.3, -0.25) is 10.0 Å². The molecular weight excluding hydrogens is 1030 g/mol. The van der Waals surface area contributed by atoms with Crippen LogP contribution >= 0.6 is 31.9 Å². The molecule has 2 unspecified atom stereocenters. The Balaban J connectivity index is 0.000000134. The number of guanidine groups is 2. The lowest BCUT2D eigenvalue weighted by Crippen LogP contribution is -2.55. The molecule has 0 aromatic heterocycles. The van der Waals surface area contributed by atoms with E-state index in [1.807, 2.05) is 99.8 Å². The minimum Gasteiger partial charge on any atom is -0.487 e. The second kappa shape index (κ2) is 21.1. The summed E-state index contributed by atoms with van der Waals surface area (Å²) in [6, 6.07) is 28.2. The predicted octanol–water partition coefficient (Wildman–Crippen LogP) is 11.7. The van der Waals surface area contributed by atoms with Crippen molar-refractivity contribution >= 4 is 49.5 Å². The van der Waals surface area contributed by atoms with E-state index in [1.54, 1.807) is 5.01 Å². The number of nitrogens with one attached hydrogen (secondary N) is 2. The Hall–Kier alpha value is -5.65. The third kappa shape index (κ3) is 10.3. The average Bonchev–Trinajstić information content (AvgIpc) is 3.83. The number of rotatable bonds is 1. The van der Waals surface area contributed by atoms with Crippen molar-refractivity contribution in [2.75, 3.05) is 14.1 Å². The predicted molar refractivity (Wildman–Crippen MR) is 290 cm³/mol. The summed E-state index contributed by atoms with van der Waals surface area (Å²) in [6.45, 7) is 4.00. The fourth-order valence-corrected chi connectivity index (χ4v) is 12.9. The molecule has 4 aromatic carbocycles. The molecule has 8 aliphatic rings. The van der Waals surface area contributed by atoms with Crippen molar-refractivity contribution in [1.82, 2.24) is 20.9 Å². The summed E-state index contributed by atoms with van der Waals surface area (Å²) in [7, 11) is 3.81. The standard InChI is InChI=1S/C23H25N5O.C16H21BrN4O.C15H15BrN2O.C2H6/c1-28-21(25)26-23(27-28)15-22(10-3-2-4-11-22)29-20-9-8-18(13-19(20)23)17-7-5-6-16(12-17)14-24;1-21-14(18)19-16(20-21)10-15(7-3-2-4-8-15)22-13-6-5-11(17)9-12(13)16;16-11-4-5-14-12(8-11)13(18-10-17)9-15(19-14)6-2-1-3-7-15;1-2/h5-9,12-13,27H,2-4,10-11,15H2,1H3,(H2,25,26);5-6,9,20H,2-4,7-8,10H2,1H3,(H2,18,19);4-5,8H,1-3,6-7,9H2;1-2H3. The lowest BCUT2D eigenvalue weighted by Gasteiger charge is -2.47. The number of fused-ring (bicyclic) bond motifs is 5. The van der Waals surface area contributed by atoms with E-state index in [1.165, 1.54) is 57.8 Å². The summed E-state index contributed by atoms with van der Waals surface area (Å²) >= 11 is 7.03. The number of hydrogen-bond donors (Lipinski definition) is 4. The van der Waals surface area contributed by atoms with Crippen molar-refractivity contribution in [1.29, 1.82) is 10.5 Å². The van der Waals surface area contributed by atoms with Gasteiger partial charge in [-0.25, -0.2) is 20.8 Å². The Kier molecular flexibility index (Phi) is 15.0. The van der Waals surface area contributed by atoms with Crippen LogP contribution in [0.2, 0.25) is 0 Å². The highest BCUT2D eigenvalue weighted by atomic mass is 79.9. The zero-order valence-corrected chi connectivity index (χ0v) is 45.2. The molecule has 12 rings (SSSR count). The number of aliphatic imine (C=N–C) groups is 3. The summed E-state index contributed by atoms with van der Waals surface area (Å²) in [5.74, 6) is 3.68. The van der Waals surface area contributed by atoms with Gasteiger partial charge in [0.2, 0.25) is 18.1 Å². The van der Waals surface area contributed by atoms with Gasteiger partial charge in [0.1, 0.15) is 34.1 Å². The minimum absolute atomic E-state index is 0.124. The minimum atomic E-state index is -0.618. The first kappa shape index (κ1) is 51.3. The molecule has 0 amide bonds. The molecule has 0 radical (unpaired) electrons. The first-order valence-electron chi connectivity index (χ1n) is 25.8. The SMILES string of the molecule is CC.CN1NC2(CC3(CCCCC3)Oc3ccc(-c4cccc(C#N)c4)cc32)N=C1N.CN1NC2(CC3(CCCCC3)Oc3ccc(Br)cc32)N=C1N.N#CN=C1CC2(CCCCC2)Oc2ccc(Br)cc21. The second-order valence-electron chi connectivity index (χ2n) is 20.4. The first-order chi connectivity index (χ1) is 34.8. The van der Waals surface area contributed by atoms with E-state index < -0.39 is 11.3 Å². The number of benzene rings is 4. The summed E-state index contributed by atoms with van der Waals surface area (Å²) in [5, 5.41) is 21.8. The normalized spacial score (nSPS) is 25.0. The summed E-state index contributed by atoms with van der Waals surface area (Å²) < 4.78 is 21.4. The van der Waals surface area contributed by atoms with Crippen LogP contribution in [-0.4, -0.2) is 58.5 Å². The molecule has 4 aromatic rings. The van der Waals surface area contributed by atoms with Gasteiger partial charge in [-0.15, -0.1) is 0 Å². The molecule has 3 aliphatic carbocycles.